The molecule has 248 valence electrons. The van der Waals surface area contributed by atoms with Crippen molar-refractivity contribution in [3.8, 4) is 23.0 Å². The van der Waals surface area contributed by atoms with E-state index in [9.17, 15) is 0 Å². The monoisotopic (exact) mass is 902 g/mol. The highest BCUT2D eigenvalue weighted by atomic mass is 127. The van der Waals surface area contributed by atoms with Crippen LogP contribution in [-0.2, 0) is 0 Å². The normalized spacial score (nSPS) is 11.9. The van der Waals surface area contributed by atoms with Crippen molar-refractivity contribution in [3.05, 3.63) is 182 Å². The Morgan fingerprint density at radius 3 is 1.39 bits per heavy atom. The fourth-order valence-electron chi connectivity index (χ4n) is 6.26. The first kappa shape index (κ1) is 33.3. The van der Waals surface area contributed by atoms with E-state index in [1.165, 1.54) is 29.6 Å². The molecule has 0 unspecified atom stereocenters. The van der Waals surface area contributed by atoms with Crippen LogP contribution in [0, 0.1) is 3.57 Å². The van der Waals surface area contributed by atoms with Crippen LogP contribution >= 0.6 is 54.5 Å². The van der Waals surface area contributed by atoms with Crippen LogP contribution in [0.2, 0.25) is 0 Å². The van der Waals surface area contributed by atoms with E-state index in [4.69, 9.17) is 9.47 Å². The quantitative estimate of drug-likeness (QED) is 0.166. The molecule has 0 bridgehead atoms. The number of benzene rings is 8. The molecule has 0 amide bonds. The second-order valence-electron chi connectivity index (χ2n) is 11.8. The van der Waals surface area contributed by atoms with Crippen molar-refractivity contribution in [1.29, 1.82) is 0 Å². The van der Waals surface area contributed by atoms with Crippen molar-refractivity contribution >= 4 is 104 Å². The highest BCUT2D eigenvalue weighted by Crippen LogP contribution is 2.52. The molecule has 8 aromatic rings. The number of para-hydroxylation sites is 8. The predicted octanol–water partition coefficient (Wildman–Crippen LogP) is 14.9. The molecule has 10 rings (SSSR count). The lowest BCUT2D eigenvalue weighted by molar-refractivity contribution is 0.477. The van der Waals surface area contributed by atoms with Crippen LogP contribution in [0.1, 0.15) is 0 Å². The van der Waals surface area contributed by atoms with Crippen molar-refractivity contribution in [2.45, 2.75) is 0 Å². The summed E-state index contributed by atoms with van der Waals surface area (Å²) in [6.45, 7) is 0. The Bertz CT molecular complexity index is 2360. The molecule has 0 saturated carbocycles. The third kappa shape index (κ3) is 6.81. The highest BCUT2D eigenvalue weighted by Gasteiger charge is 2.26. The molecule has 0 saturated heterocycles. The first-order valence-electron chi connectivity index (χ1n) is 16.3. The summed E-state index contributed by atoms with van der Waals surface area (Å²) < 4.78 is 15.4. The summed E-state index contributed by atoms with van der Waals surface area (Å²) in [6, 6.07) is 57.4. The summed E-state index contributed by atoms with van der Waals surface area (Å²) in [5.74, 6) is 3.49. The number of rotatable bonds is 1. The van der Waals surface area contributed by atoms with Gasteiger partial charge < -0.3 is 19.7 Å². The fourth-order valence-corrected chi connectivity index (χ4v) is 8.62. The fraction of sp³-hybridized carbons (Fsp3) is 0. The third-order valence-corrected chi connectivity index (χ3v) is 10.8. The topological polar surface area (TPSA) is 33.7 Å². The molecule has 0 atom stereocenters. The zero-order valence-corrected chi connectivity index (χ0v) is 32.4. The molecule has 0 spiro atoms. The lowest BCUT2D eigenvalue weighted by Gasteiger charge is -2.33. The Kier molecular flexibility index (Phi) is 9.67. The molecule has 51 heavy (non-hydrogen) atoms. The van der Waals surface area contributed by atoms with E-state index >= 15 is 0 Å². The smallest absolute Gasteiger partial charge is 0.151 e. The standard InChI is InChI=1S/C22H14BrNO.C12H9NO.C10H6BrI/c23-16-9-5-7-15-8-6-12-19(22(15)16)24-17-10-1-3-13-20(17)25-21-14-4-2-11-18(21)24;1-3-7-11-9(5-1)13-10-6-2-4-8-12(10)14-11;11-8-5-1-3-7-4-2-6-9(12)10(7)8/h1-14H;1-8,13H;1-6H. The second-order valence-corrected chi connectivity index (χ2v) is 14.7. The first-order valence-corrected chi connectivity index (χ1v) is 19.0. The number of nitrogens with one attached hydrogen (secondary N) is 1. The van der Waals surface area contributed by atoms with Gasteiger partial charge in [-0.25, -0.2) is 0 Å². The number of anilines is 5. The van der Waals surface area contributed by atoms with E-state index in [1.54, 1.807) is 0 Å². The molecule has 8 aromatic carbocycles. The lowest BCUT2D eigenvalue weighted by atomic mass is 10.1. The average Bonchev–Trinajstić information content (AvgIpc) is 3.17. The van der Waals surface area contributed by atoms with E-state index in [1.807, 2.05) is 84.9 Å². The van der Waals surface area contributed by atoms with Gasteiger partial charge in [0.15, 0.2) is 23.0 Å². The number of hydrogen-bond acceptors (Lipinski definition) is 4. The van der Waals surface area contributed by atoms with Crippen LogP contribution in [0.3, 0.4) is 0 Å². The Hall–Kier alpha value is -4.83. The van der Waals surface area contributed by atoms with Gasteiger partial charge in [-0.3, -0.25) is 0 Å². The highest BCUT2D eigenvalue weighted by molar-refractivity contribution is 14.1. The molecular formula is C44H29Br2IN2O2. The van der Waals surface area contributed by atoms with Gasteiger partial charge >= 0.3 is 0 Å². The summed E-state index contributed by atoms with van der Waals surface area (Å²) in [6.07, 6.45) is 0. The van der Waals surface area contributed by atoms with E-state index < -0.39 is 0 Å². The largest absolute Gasteiger partial charge is 0.453 e. The molecule has 0 radical (unpaired) electrons. The molecule has 0 aliphatic carbocycles. The minimum Gasteiger partial charge on any atom is -0.453 e. The van der Waals surface area contributed by atoms with Crippen LogP contribution in [-0.4, -0.2) is 0 Å². The van der Waals surface area contributed by atoms with E-state index in [-0.39, 0.29) is 0 Å². The van der Waals surface area contributed by atoms with Crippen molar-refractivity contribution in [2.75, 3.05) is 10.2 Å². The van der Waals surface area contributed by atoms with Crippen molar-refractivity contribution in [1.82, 2.24) is 0 Å². The van der Waals surface area contributed by atoms with Crippen LogP contribution in [0.5, 0.6) is 23.0 Å². The van der Waals surface area contributed by atoms with E-state index in [0.717, 1.165) is 55.9 Å². The third-order valence-electron chi connectivity index (χ3n) is 8.57. The minimum absolute atomic E-state index is 0.866. The van der Waals surface area contributed by atoms with E-state index in [2.05, 4.69) is 150 Å². The summed E-state index contributed by atoms with van der Waals surface area (Å²) in [5, 5.41) is 8.30. The molecule has 2 aliphatic heterocycles. The van der Waals surface area contributed by atoms with Gasteiger partial charge in [-0.2, -0.15) is 0 Å². The predicted molar refractivity (Wildman–Crippen MR) is 227 cm³/mol. The Morgan fingerprint density at radius 1 is 0.412 bits per heavy atom. The summed E-state index contributed by atoms with van der Waals surface area (Å²) in [4.78, 5) is 2.28. The summed E-state index contributed by atoms with van der Waals surface area (Å²) >= 11 is 9.63. The molecular weight excluding hydrogens is 875 g/mol. The summed E-state index contributed by atoms with van der Waals surface area (Å²) in [5.41, 5.74) is 5.26. The molecule has 2 heterocycles. The van der Waals surface area contributed by atoms with Gasteiger partial charge in [0.1, 0.15) is 0 Å². The molecule has 7 heteroatoms. The summed E-state index contributed by atoms with van der Waals surface area (Å²) in [7, 11) is 0. The Balaban J connectivity index is 0.000000121. The molecule has 0 aromatic heterocycles. The Morgan fingerprint density at radius 2 is 0.824 bits per heavy atom. The van der Waals surface area contributed by atoms with Gasteiger partial charge in [0, 0.05) is 23.3 Å². The second kappa shape index (κ2) is 14.8. The maximum absolute atomic E-state index is 6.12. The van der Waals surface area contributed by atoms with Crippen molar-refractivity contribution in [3.63, 3.8) is 0 Å². The lowest BCUT2D eigenvalue weighted by Crippen LogP contribution is -2.16. The van der Waals surface area contributed by atoms with Gasteiger partial charge in [0.25, 0.3) is 0 Å². The Labute approximate surface area is 327 Å². The zero-order chi connectivity index (χ0) is 34.7. The molecule has 0 fully saturated rings. The number of hydrogen-bond donors (Lipinski definition) is 1. The van der Waals surface area contributed by atoms with Crippen LogP contribution in [0.15, 0.2) is 179 Å². The van der Waals surface area contributed by atoms with Gasteiger partial charge in [-0.15, -0.1) is 0 Å². The molecule has 2 aliphatic rings. The first-order chi connectivity index (χ1) is 25.0. The number of fused-ring (bicyclic) bond motifs is 6. The van der Waals surface area contributed by atoms with Crippen LogP contribution < -0.4 is 19.7 Å². The minimum atomic E-state index is 0.866. The van der Waals surface area contributed by atoms with Gasteiger partial charge in [-0.1, -0.05) is 129 Å². The van der Waals surface area contributed by atoms with Crippen LogP contribution in [0.25, 0.3) is 21.5 Å². The number of nitrogens with zero attached hydrogens (tertiary/aromatic N) is 1. The SMILES string of the molecule is Brc1cccc2cccc(I)c12.Brc1cccc2cccc(N3c4ccccc4Oc4ccccc43)c12.c1ccc2c(c1)Nc1ccccc1O2. The average molecular weight is 904 g/mol. The van der Waals surface area contributed by atoms with Gasteiger partial charge in [0.2, 0.25) is 0 Å². The maximum Gasteiger partial charge on any atom is 0.151 e. The van der Waals surface area contributed by atoms with Gasteiger partial charge in [-0.05, 0) is 106 Å². The molecule has 1 N–H and O–H groups in total. The van der Waals surface area contributed by atoms with E-state index in [0.29, 0.717) is 0 Å². The number of halogens is 3. The van der Waals surface area contributed by atoms with Crippen molar-refractivity contribution in [2.24, 2.45) is 0 Å². The maximum atomic E-state index is 6.12. The van der Waals surface area contributed by atoms with Gasteiger partial charge in [0.05, 0.1) is 28.4 Å². The van der Waals surface area contributed by atoms with Crippen LogP contribution in [0.4, 0.5) is 28.4 Å². The zero-order valence-electron chi connectivity index (χ0n) is 27.1. The van der Waals surface area contributed by atoms with Crippen molar-refractivity contribution < 1.29 is 9.47 Å². The number of ether oxygens (including phenoxy) is 2. The molecule has 4 nitrogen and oxygen atoms in total.